The molecule has 2 aromatic rings. The first kappa shape index (κ1) is 25.3. The second-order valence-corrected chi connectivity index (χ2v) is 10.7. The maximum Gasteiger partial charge on any atom is 0.416 e. The van der Waals surface area contributed by atoms with Gasteiger partial charge >= 0.3 is 12.1 Å². The van der Waals surface area contributed by atoms with Crippen molar-refractivity contribution >= 4 is 23.5 Å². The molecule has 0 heterocycles. The van der Waals surface area contributed by atoms with Gasteiger partial charge in [0.05, 0.1) is 5.56 Å². The van der Waals surface area contributed by atoms with Crippen molar-refractivity contribution in [2.24, 2.45) is 23.2 Å². The molecule has 6 nitrogen and oxygen atoms in total. The first-order valence-corrected chi connectivity index (χ1v) is 12.6. The highest BCUT2D eigenvalue weighted by Gasteiger charge is 2.54. The molecule has 0 unspecified atom stereocenters. The molecule has 37 heavy (non-hydrogen) atoms. The molecule has 1 atom stereocenters. The number of anilines is 1. The lowest BCUT2D eigenvalue weighted by molar-refractivity contribution is -0.156. The first-order chi connectivity index (χ1) is 17.6. The van der Waals surface area contributed by atoms with E-state index < -0.39 is 35.1 Å². The van der Waals surface area contributed by atoms with Crippen LogP contribution in [0.1, 0.15) is 55.8 Å². The molecule has 4 aliphatic rings. The molecule has 2 N–H and O–H groups in total. The van der Waals surface area contributed by atoms with Gasteiger partial charge in [-0.15, -0.1) is 0 Å². The highest BCUT2D eigenvalue weighted by molar-refractivity contribution is 5.96. The van der Waals surface area contributed by atoms with Crippen molar-refractivity contribution in [2.45, 2.75) is 50.8 Å². The van der Waals surface area contributed by atoms with Gasteiger partial charge in [-0.05, 0) is 74.5 Å². The van der Waals surface area contributed by atoms with E-state index >= 15 is 0 Å². The van der Waals surface area contributed by atoms with E-state index in [-0.39, 0.29) is 18.1 Å². The molecule has 4 bridgehead atoms. The van der Waals surface area contributed by atoms with Crippen LogP contribution in [0.3, 0.4) is 0 Å². The maximum atomic E-state index is 13.2. The summed E-state index contributed by atoms with van der Waals surface area (Å²) in [6.45, 7) is -0.388. The summed E-state index contributed by atoms with van der Waals surface area (Å²) in [6, 6.07) is 12.4. The Morgan fingerprint density at radius 2 is 1.54 bits per heavy atom. The van der Waals surface area contributed by atoms with Crippen LogP contribution in [0, 0.1) is 23.2 Å². The lowest BCUT2D eigenvalue weighted by Gasteiger charge is -2.55. The minimum Gasteiger partial charge on any atom is -0.446 e. The third-order valence-corrected chi connectivity index (χ3v) is 7.96. The highest BCUT2D eigenvalue weighted by Crippen LogP contribution is 2.60. The van der Waals surface area contributed by atoms with E-state index in [1.165, 1.54) is 31.4 Å². The summed E-state index contributed by atoms with van der Waals surface area (Å²) in [5.74, 6) is -0.00601. The van der Waals surface area contributed by atoms with Crippen molar-refractivity contribution in [3.8, 4) is 0 Å². The number of alkyl halides is 3. The third-order valence-electron chi connectivity index (χ3n) is 7.96. The average molecular weight is 515 g/mol. The van der Waals surface area contributed by atoms with E-state index in [1.807, 2.05) is 0 Å². The van der Waals surface area contributed by atoms with Gasteiger partial charge < -0.3 is 15.4 Å². The Morgan fingerprint density at radius 1 is 0.919 bits per heavy atom. The number of esters is 1. The molecule has 9 heteroatoms. The van der Waals surface area contributed by atoms with Gasteiger partial charge in [0.2, 0.25) is 12.0 Å². The average Bonchev–Trinajstić information content (AvgIpc) is 2.85. The molecule has 6 rings (SSSR count). The molecule has 0 aliphatic heterocycles. The summed E-state index contributed by atoms with van der Waals surface area (Å²) in [6.07, 6.45) is 0.154. The zero-order valence-corrected chi connectivity index (χ0v) is 20.2. The zero-order valence-electron chi connectivity index (χ0n) is 20.2. The largest absolute Gasteiger partial charge is 0.446 e. The molecule has 2 amide bonds. The predicted octanol–water partition coefficient (Wildman–Crippen LogP) is 5.26. The van der Waals surface area contributed by atoms with Gasteiger partial charge in [-0.25, -0.2) is 0 Å². The number of carbonyl (C=O) groups is 3. The third kappa shape index (κ3) is 5.50. The van der Waals surface area contributed by atoms with Crippen LogP contribution in [-0.4, -0.2) is 24.3 Å². The molecule has 196 valence electrons. The number of nitrogens with one attached hydrogen (secondary N) is 2. The molecule has 0 spiro atoms. The van der Waals surface area contributed by atoms with Crippen LogP contribution in [-0.2, 0) is 25.3 Å². The Morgan fingerprint density at radius 3 is 2.14 bits per heavy atom. The number of rotatable bonds is 7. The molecule has 0 aromatic heterocycles. The molecule has 4 fully saturated rings. The lowest BCUT2D eigenvalue weighted by Crippen LogP contribution is -2.54. The Hall–Kier alpha value is -3.36. The van der Waals surface area contributed by atoms with Crippen LogP contribution in [0.2, 0.25) is 0 Å². The van der Waals surface area contributed by atoms with Gasteiger partial charge in [0.15, 0.2) is 0 Å². The zero-order chi connectivity index (χ0) is 26.2. The van der Waals surface area contributed by atoms with Gasteiger partial charge in [-0.3, -0.25) is 14.4 Å². The molecule has 0 radical (unpaired) electrons. The van der Waals surface area contributed by atoms with Gasteiger partial charge in [0.1, 0.15) is 6.54 Å². The number of carbonyl (C=O) groups excluding carboxylic acids is 3. The predicted molar refractivity (Wildman–Crippen MR) is 129 cm³/mol. The summed E-state index contributed by atoms with van der Waals surface area (Å²) in [7, 11) is 0. The van der Waals surface area contributed by atoms with Crippen LogP contribution in [0.25, 0.3) is 0 Å². The Kier molecular flexibility index (Phi) is 6.72. The highest BCUT2D eigenvalue weighted by atomic mass is 19.4. The van der Waals surface area contributed by atoms with Crippen LogP contribution in [0.15, 0.2) is 54.6 Å². The van der Waals surface area contributed by atoms with Crippen LogP contribution in [0.4, 0.5) is 18.9 Å². The minimum absolute atomic E-state index is 0.0769. The summed E-state index contributed by atoms with van der Waals surface area (Å²) in [5, 5.41) is 5.15. The van der Waals surface area contributed by atoms with E-state index in [9.17, 15) is 27.6 Å². The SMILES string of the molecule is O=C(CNC(=O)C12CC3CC(CC(C3)C1)C2)O[C@H](C(=O)Nc1cccc(C(F)(F)F)c1)c1ccccc1. The minimum atomic E-state index is -4.57. The fourth-order valence-electron chi connectivity index (χ4n) is 6.78. The number of hydrogen-bond donors (Lipinski definition) is 2. The van der Waals surface area contributed by atoms with Gasteiger partial charge in [-0.2, -0.15) is 13.2 Å². The number of benzene rings is 2. The Labute approximate surface area is 213 Å². The second-order valence-electron chi connectivity index (χ2n) is 10.7. The molecular weight excluding hydrogens is 485 g/mol. The van der Waals surface area contributed by atoms with Gasteiger partial charge in [0.25, 0.3) is 5.91 Å². The van der Waals surface area contributed by atoms with Crippen LogP contribution < -0.4 is 10.6 Å². The lowest BCUT2D eigenvalue weighted by atomic mass is 9.49. The van der Waals surface area contributed by atoms with Gasteiger partial charge in [0, 0.05) is 16.7 Å². The molecule has 4 aliphatic carbocycles. The first-order valence-electron chi connectivity index (χ1n) is 12.6. The summed E-state index contributed by atoms with van der Waals surface area (Å²) in [4.78, 5) is 38.9. The maximum absolute atomic E-state index is 13.2. The molecular formula is C28H29F3N2O4. The van der Waals surface area contributed by atoms with Crippen molar-refractivity contribution in [3.63, 3.8) is 0 Å². The van der Waals surface area contributed by atoms with E-state index in [0.29, 0.717) is 23.3 Å². The quantitative estimate of drug-likeness (QED) is 0.494. The van der Waals surface area contributed by atoms with Crippen molar-refractivity contribution in [3.05, 3.63) is 65.7 Å². The van der Waals surface area contributed by atoms with Crippen molar-refractivity contribution in [2.75, 3.05) is 11.9 Å². The van der Waals surface area contributed by atoms with E-state index in [2.05, 4.69) is 10.6 Å². The standard InChI is InChI=1S/C28H29F3N2O4/c29-28(30,31)21-7-4-8-22(12-21)33-25(35)24(20-5-2-1-3-6-20)37-23(34)16-32-26(36)27-13-17-9-18(14-27)11-19(10-17)15-27/h1-8,12,17-19,24H,9-11,13-16H2,(H,32,36)(H,33,35)/t17?,18?,19?,24-,27?/m0/s1. The van der Waals surface area contributed by atoms with E-state index in [1.54, 1.807) is 30.3 Å². The fraction of sp³-hybridized carbons (Fsp3) is 0.464. The smallest absolute Gasteiger partial charge is 0.416 e. The van der Waals surface area contributed by atoms with E-state index in [4.69, 9.17) is 4.74 Å². The normalized spacial score (nSPS) is 26.8. The van der Waals surface area contributed by atoms with Crippen LogP contribution in [0.5, 0.6) is 0 Å². The molecule has 0 saturated heterocycles. The summed E-state index contributed by atoms with van der Waals surface area (Å²) in [5.41, 5.74) is -1.06. The van der Waals surface area contributed by atoms with E-state index in [0.717, 1.165) is 31.4 Å². The Bertz CT molecular complexity index is 1150. The Balaban J connectivity index is 1.24. The second kappa shape index (κ2) is 9.84. The summed E-state index contributed by atoms with van der Waals surface area (Å²) >= 11 is 0. The van der Waals surface area contributed by atoms with Crippen molar-refractivity contribution in [1.82, 2.24) is 5.32 Å². The monoisotopic (exact) mass is 514 g/mol. The summed E-state index contributed by atoms with van der Waals surface area (Å²) < 4.78 is 44.7. The molecule has 2 aromatic carbocycles. The van der Waals surface area contributed by atoms with Crippen molar-refractivity contribution < 1.29 is 32.3 Å². The van der Waals surface area contributed by atoms with Crippen LogP contribution >= 0.6 is 0 Å². The number of hydrogen-bond acceptors (Lipinski definition) is 4. The number of ether oxygens (including phenoxy) is 1. The number of amides is 2. The van der Waals surface area contributed by atoms with Crippen molar-refractivity contribution in [1.29, 1.82) is 0 Å². The fourth-order valence-corrected chi connectivity index (χ4v) is 6.78. The molecule has 4 saturated carbocycles. The van der Waals surface area contributed by atoms with Gasteiger partial charge in [-0.1, -0.05) is 36.4 Å². The number of halogens is 3. The topological polar surface area (TPSA) is 84.5 Å².